The number of aromatic nitrogens is 1. The summed E-state index contributed by atoms with van der Waals surface area (Å²) in [7, 11) is 0. The van der Waals surface area contributed by atoms with E-state index in [0.29, 0.717) is 17.3 Å². The van der Waals surface area contributed by atoms with Crippen molar-refractivity contribution in [3.63, 3.8) is 0 Å². The van der Waals surface area contributed by atoms with E-state index < -0.39 is 0 Å². The molecule has 1 fully saturated rings. The van der Waals surface area contributed by atoms with Crippen LogP contribution in [-0.2, 0) is 4.79 Å². The maximum absolute atomic E-state index is 12.7. The van der Waals surface area contributed by atoms with Gasteiger partial charge in [0.15, 0.2) is 0 Å². The summed E-state index contributed by atoms with van der Waals surface area (Å²) in [5.41, 5.74) is 1.21. The molecule has 7 heteroatoms. The zero-order valence-corrected chi connectivity index (χ0v) is 16.1. The van der Waals surface area contributed by atoms with E-state index in [9.17, 15) is 14.7 Å². The number of benzene rings is 1. The first kappa shape index (κ1) is 19.7. The van der Waals surface area contributed by atoms with Crippen molar-refractivity contribution in [2.45, 2.75) is 44.6 Å². The van der Waals surface area contributed by atoms with Crippen LogP contribution < -0.4 is 5.32 Å². The standard InChI is InChI=1S/C20H26ClN3O3/c21-15-7-8-17-14(11-15)12-18(23-17)20(27)22-13-19(26)24(9-10-25)16-5-3-1-2-4-6-16/h7-8,11-12,16,23,25H,1-6,9-10,13H2,(H,22,27). The quantitative estimate of drug-likeness (QED) is 0.661. The molecule has 6 nitrogen and oxygen atoms in total. The number of rotatable bonds is 6. The highest BCUT2D eigenvalue weighted by molar-refractivity contribution is 6.31. The topological polar surface area (TPSA) is 85.4 Å². The average Bonchev–Trinajstić information content (AvgIpc) is 2.89. The Bertz CT molecular complexity index is 797. The molecule has 0 atom stereocenters. The van der Waals surface area contributed by atoms with Crippen LogP contribution in [0.3, 0.4) is 0 Å². The van der Waals surface area contributed by atoms with Crippen molar-refractivity contribution in [2.24, 2.45) is 0 Å². The number of hydrogen-bond donors (Lipinski definition) is 3. The molecule has 1 aromatic heterocycles. The van der Waals surface area contributed by atoms with E-state index in [1.807, 2.05) is 6.07 Å². The van der Waals surface area contributed by atoms with Gasteiger partial charge in [-0.2, -0.15) is 0 Å². The Morgan fingerprint density at radius 2 is 1.93 bits per heavy atom. The van der Waals surface area contributed by atoms with Crippen LogP contribution in [0.4, 0.5) is 0 Å². The maximum Gasteiger partial charge on any atom is 0.268 e. The van der Waals surface area contributed by atoms with Gasteiger partial charge in [-0.15, -0.1) is 0 Å². The lowest BCUT2D eigenvalue weighted by Gasteiger charge is -2.31. The average molecular weight is 392 g/mol. The minimum atomic E-state index is -0.333. The Balaban J connectivity index is 1.62. The van der Waals surface area contributed by atoms with Crippen LogP contribution >= 0.6 is 11.6 Å². The van der Waals surface area contributed by atoms with Crippen LogP contribution in [0.5, 0.6) is 0 Å². The number of H-pyrrole nitrogens is 1. The maximum atomic E-state index is 12.7. The van der Waals surface area contributed by atoms with E-state index >= 15 is 0 Å². The van der Waals surface area contributed by atoms with Crippen LogP contribution in [0.25, 0.3) is 10.9 Å². The van der Waals surface area contributed by atoms with Crippen molar-refractivity contribution >= 4 is 34.3 Å². The number of nitrogens with zero attached hydrogens (tertiary/aromatic N) is 1. The summed E-state index contributed by atoms with van der Waals surface area (Å²) in [6.45, 7) is 0.161. The van der Waals surface area contributed by atoms with E-state index in [1.54, 1.807) is 23.1 Å². The summed E-state index contributed by atoms with van der Waals surface area (Å²) in [6, 6.07) is 7.22. The second kappa shape index (κ2) is 9.24. The van der Waals surface area contributed by atoms with Gasteiger partial charge in [0.1, 0.15) is 5.69 Å². The molecule has 0 aliphatic heterocycles. The van der Waals surface area contributed by atoms with E-state index in [-0.39, 0.29) is 31.0 Å². The third kappa shape index (κ3) is 5.02. The predicted molar refractivity (Wildman–Crippen MR) is 106 cm³/mol. The van der Waals surface area contributed by atoms with Crippen molar-refractivity contribution in [1.29, 1.82) is 0 Å². The van der Waals surface area contributed by atoms with Crippen LogP contribution in [0.2, 0.25) is 5.02 Å². The Kier molecular flexibility index (Phi) is 6.74. The fourth-order valence-corrected chi connectivity index (χ4v) is 3.95. The van der Waals surface area contributed by atoms with Crippen molar-refractivity contribution < 1.29 is 14.7 Å². The zero-order chi connectivity index (χ0) is 19.2. The fraction of sp³-hybridized carbons (Fsp3) is 0.500. The summed E-state index contributed by atoms with van der Waals surface area (Å²) < 4.78 is 0. The van der Waals surface area contributed by atoms with Gasteiger partial charge < -0.3 is 20.3 Å². The number of hydrogen-bond acceptors (Lipinski definition) is 3. The van der Waals surface area contributed by atoms with Crippen molar-refractivity contribution in [3.8, 4) is 0 Å². The van der Waals surface area contributed by atoms with E-state index in [1.165, 1.54) is 12.8 Å². The molecule has 1 aliphatic rings. The Labute approximate surface area is 163 Å². The lowest BCUT2D eigenvalue weighted by atomic mass is 10.1. The Morgan fingerprint density at radius 3 is 2.63 bits per heavy atom. The molecule has 3 rings (SSSR count). The highest BCUT2D eigenvalue weighted by Crippen LogP contribution is 2.22. The Hall–Kier alpha value is -2.05. The molecular weight excluding hydrogens is 366 g/mol. The summed E-state index contributed by atoms with van der Waals surface area (Å²) in [5, 5.41) is 13.5. The fourth-order valence-electron chi connectivity index (χ4n) is 3.77. The molecule has 3 N–H and O–H groups in total. The lowest BCUT2D eigenvalue weighted by Crippen LogP contribution is -2.46. The molecule has 0 unspecified atom stereocenters. The number of aromatic amines is 1. The normalized spacial score (nSPS) is 15.5. The van der Waals surface area contributed by atoms with Gasteiger partial charge in [0.25, 0.3) is 5.91 Å². The molecule has 2 amide bonds. The molecule has 1 saturated carbocycles. The number of carbonyl (C=O) groups is 2. The number of halogens is 1. The van der Waals surface area contributed by atoms with Crippen molar-refractivity contribution in [3.05, 3.63) is 35.0 Å². The summed E-state index contributed by atoms with van der Waals surface area (Å²) in [5.74, 6) is -0.482. The van der Waals surface area contributed by atoms with Gasteiger partial charge in [0, 0.05) is 28.5 Å². The summed E-state index contributed by atoms with van der Waals surface area (Å²) >= 11 is 5.98. The first-order valence-corrected chi connectivity index (χ1v) is 9.93. The van der Waals surface area contributed by atoms with Crippen LogP contribution in [0, 0.1) is 0 Å². The van der Waals surface area contributed by atoms with Gasteiger partial charge in [-0.3, -0.25) is 9.59 Å². The molecule has 27 heavy (non-hydrogen) atoms. The highest BCUT2D eigenvalue weighted by atomic mass is 35.5. The van der Waals surface area contributed by atoms with Crippen LogP contribution in [0.1, 0.15) is 49.0 Å². The van der Waals surface area contributed by atoms with Gasteiger partial charge in [0.2, 0.25) is 5.91 Å². The highest BCUT2D eigenvalue weighted by Gasteiger charge is 2.24. The van der Waals surface area contributed by atoms with E-state index in [4.69, 9.17) is 11.6 Å². The van der Waals surface area contributed by atoms with E-state index in [0.717, 1.165) is 36.6 Å². The molecule has 0 spiro atoms. The van der Waals surface area contributed by atoms with Gasteiger partial charge in [-0.05, 0) is 37.1 Å². The zero-order valence-electron chi connectivity index (χ0n) is 15.3. The molecule has 1 aromatic carbocycles. The molecule has 146 valence electrons. The number of nitrogens with one attached hydrogen (secondary N) is 2. The van der Waals surface area contributed by atoms with Crippen molar-refractivity contribution in [1.82, 2.24) is 15.2 Å². The summed E-state index contributed by atoms with van der Waals surface area (Å²) in [6.07, 6.45) is 6.51. The minimum absolute atomic E-state index is 0.0705. The van der Waals surface area contributed by atoms with Gasteiger partial charge in [-0.1, -0.05) is 37.3 Å². The van der Waals surface area contributed by atoms with Gasteiger partial charge in [0.05, 0.1) is 13.2 Å². The molecular formula is C20H26ClN3O3. The molecule has 2 aromatic rings. The second-order valence-corrected chi connectivity index (χ2v) is 7.49. The first-order valence-electron chi connectivity index (χ1n) is 9.55. The third-order valence-corrected chi connectivity index (χ3v) is 5.39. The Morgan fingerprint density at radius 1 is 1.19 bits per heavy atom. The summed E-state index contributed by atoms with van der Waals surface area (Å²) in [4.78, 5) is 29.9. The molecule has 0 bridgehead atoms. The monoisotopic (exact) mass is 391 g/mol. The van der Waals surface area contributed by atoms with Crippen molar-refractivity contribution in [2.75, 3.05) is 19.7 Å². The minimum Gasteiger partial charge on any atom is -0.395 e. The number of carbonyl (C=O) groups excluding carboxylic acids is 2. The molecule has 0 saturated heterocycles. The second-order valence-electron chi connectivity index (χ2n) is 7.05. The lowest BCUT2D eigenvalue weighted by molar-refractivity contribution is -0.133. The number of aliphatic hydroxyl groups is 1. The predicted octanol–water partition coefficient (Wildman–Crippen LogP) is 3.09. The smallest absolute Gasteiger partial charge is 0.268 e. The number of amides is 2. The molecule has 1 aliphatic carbocycles. The molecule has 1 heterocycles. The van der Waals surface area contributed by atoms with Crippen LogP contribution in [0.15, 0.2) is 24.3 Å². The van der Waals surface area contributed by atoms with Gasteiger partial charge >= 0.3 is 0 Å². The molecule has 0 radical (unpaired) electrons. The first-order chi connectivity index (χ1) is 13.1. The number of fused-ring (bicyclic) bond motifs is 1. The van der Waals surface area contributed by atoms with E-state index in [2.05, 4.69) is 10.3 Å². The third-order valence-electron chi connectivity index (χ3n) is 5.15. The van der Waals surface area contributed by atoms with Gasteiger partial charge in [-0.25, -0.2) is 0 Å². The largest absolute Gasteiger partial charge is 0.395 e. The number of aliphatic hydroxyl groups excluding tert-OH is 1. The van der Waals surface area contributed by atoms with Crippen LogP contribution in [-0.4, -0.2) is 52.5 Å². The SMILES string of the molecule is O=C(NCC(=O)N(CCO)C1CCCCCC1)c1cc2cc(Cl)ccc2[nH]1.